The molecule has 0 bridgehead atoms. The van der Waals surface area contributed by atoms with E-state index in [-0.39, 0.29) is 23.1 Å². The van der Waals surface area contributed by atoms with Crippen LogP contribution >= 0.6 is 11.8 Å². The molecule has 1 fully saturated rings. The Kier molecular flexibility index (Phi) is 4.11. The van der Waals surface area contributed by atoms with E-state index in [1.54, 1.807) is 13.2 Å². The predicted octanol–water partition coefficient (Wildman–Crippen LogP) is 2.77. The van der Waals surface area contributed by atoms with Crippen molar-refractivity contribution >= 4 is 17.7 Å². The molecular weight excluding hydrogens is 255 g/mol. The topological polar surface area (TPSA) is 35.5 Å². The number of ether oxygens (including phenoxy) is 2. The van der Waals surface area contributed by atoms with Crippen LogP contribution in [0.2, 0.25) is 0 Å². The lowest BCUT2D eigenvalue weighted by Gasteiger charge is -2.10. The van der Waals surface area contributed by atoms with Crippen LogP contribution in [0.15, 0.2) is 18.2 Å². The maximum absolute atomic E-state index is 13.2. The van der Waals surface area contributed by atoms with Crippen molar-refractivity contribution in [2.24, 2.45) is 0 Å². The standard InChI is InChI=1S/C13H15FO3S/c1-8-5-12(13(15)17-8)18-7-9-6-10(14)3-4-11(9)16-2/h3-4,6,8,12H,5,7H2,1-2H3/t8-,12-/m0/s1. The average molecular weight is 270 g/mol. The number of carbonyl (C=O) groups is 1. The fraction of sp³-hybridized carbons (Fsp3) is 0.462. The first-order chi connectivity index (χ1) is 8.60. The maximum atomic E-state index is 13.2. The zero-order valence-corrected chi connectivity index (χ0v) is 11.1. The lowest BCUT2D eigenvalue weighted by molar-refractivity contribution is -0.140. The largest absolute Gasteiger partial charge is 0.496 e. The molecule has 98 valence electrons. The van der Waals surface area contributed by atoms with Crippen molar-refractivity contribution in [1.29, 1.82) is 0 Å². The Morgan fingerprint density at radius 2 is 2.33 bits per heavy atom. The van der Waals surface area contributed by atoms with E-state index in [0.29, 0.717) is 17.9 Å². The van der Waals surface area contributed by atoms with Crippen molar-refractivity contribution in [2.75, 3.05) is 7.11 Å². The number of cyclic esters (lactones) is 1. The number of thioether (sulfide) groups is 1. The Hall–Kier alpha value is -1.23. The van der Waals surface area contributed by atoms with Crippen LogP contribution in [0.3, 0.4) is 0 Å². The minimum absolute atomic E-state index is 0.0237. The number of esters is 1. The molecule has 1 aliphatic rings. The Morgan fingerprint density at radius 1 is 1.56 bits per heavy atom. The molecule has 3 nitrogen and oxygen atoms in total. The molecule has 2 atom stereocenters. The SMILES string of the molecule is COc1ccc(F)cc1CS[C@H]1C[C@H](C)OC1=O. The summed E-state index contributed by atoms with van der Waals surface area (Å²) in [5.41, 5.74) is 0.759. The highest BCUT2D eigenvalue weighted by Crippen LogP contribution is 2.31. The Bertz CT molecular complexity index is 450. The number of hydrogen-bond acceptors (Lipinski definition) is 4. The van der Waals surface area contributed by atoms with Gasteiger partial charge in [-0.05, 0) is 25.1 Å². The third kappa shape index (κ3) is 2.96. The predicted molar refractivity (Wildman–Crippen MR) is 68.2 cm³/mol. The summed E-state index contributed by atoms with van der Waals surface area (Å²) in [4.78, 5) is 11.5. The molecule has 1 aromatic rings. The van der Waals surface area contributed by atoms with E-state index in [1.807, 2.05) is 6.92 Å². The quantitative estimate of drug-likeness (QED) is 0.788. The first-order valence-corrected chi connectivity index (χ1v) is 6.79. The maximum Gasteiger partial charge on any atom is 0.319 e. The smallest absolute Gasteiger partial charge is 0.319 e. The van der Waals surface area contributed by atoms with Crippen LogP contribution in [0.4, 0.5) is 4.39 Å². The molecule has 0 saturated carbocycles. The summed E-state index contributed by atoms with van der Waals surface area (Å²) < 4.78 is 23.4. The lowest BCUT2D eigenvalue weighted by Crippen LogP contribution is -2.09. The van der Waals surface area contributed by atoms with Crippen molar-refractivity contribution in [3.8, 4) is 5.75 Å². The summed E-state index contributed by atoms with van der Waals surface area (Å²) in [7, 11) is 1.55. The molecule has 0 aromatic heterocycles. The summed E-state index contributed by atoms with van der Waals surface area (Å²) in [6.07, 6.45) is 0.686. The van der Waals surface area contributed by atoms with Crippen LogP contribution in [0, 0.1) is 5.82 Å². The van der Waals surface area contributed by atoms with Gasteiger partial charge in [-0.3, -0.25) is 4.79 Å². The lowest BCUT2D eigenvalue weighted by atomic mass is 10.2. The molecular formula is C13H15FO3S. The molecule has 0 unspecified atom stereocenters. The molecule has 0 aliphatic carbocycles. The molecule has 1 aliphatic heterocycles. The molecule has 2 rings (SSSR count). The number of methoxy groups -OCH3 is 1. The van der Waals surface area contributed by atoms with Crippen molar-refractivity contribution in [1.82, 2.24) is 0 Å². The Labute approximate surface area is 110 Å². The van der Waals surface area contributed by atoms with Gasteiger partial charge < -0.3 is 9.47 Å². The average Bonchev–Trinajstić information content (AvgIpc) is 2.65. The second-order valence-electron chi connectivity index (χ2n) is 4.24. The van der Waals surface area contributed by atoms with Gasteiger partial charge in [-0.1, -0.05) is 0 Å². The van der Waals surface area contributed by atoms with Gasteiger partial charge in [-0.25, -0.2) is 4.39 Å². The van der Waals surface area contributed by atoms with Gasteiger partial charge in [0.1, 0.15) is 22.9 Å². The van der Waals surface area contributed by atoms with Gasteiger partial charge in [0.05, 0.1) is 7.11 Å². The summed E-state index contributed by atoms with van der Waals surface area (Å²) in [5.74, 6) is 0.702. The van der Waals surface area contributed by atoms with Gasteiger partial charge in [-0.15, -0.1) is 11.8 Å². The Balaban J connectivity index is 2.01. The Morgan fingerprint density at radius 3 is 2.94 bits per heavy atom. The molecule has 1 saturated heterocycles. The minimum atomic E-state index is -0.297. The molecule has 0 amide bonds. The van der Waals surface area contributed by atoms with Crippen molar-refractivity contribution in [3.05, 3.63) is 29.6 Å². The molecule has 0 radical (unpaired) electrons. The van der Waals surface area contributed by atoms with E-state index in [0.717, 1.165) is 5.56 Å². The molecule has 0 N–H and O–H groups in total. The third-order valence-electron chi connectivity index (χ3n) is 2.81. The fourth-order valence-electron chi connectivity index (χ4n) is 1.91. The van der Waals surface area contributed by atoms with E-state index >= 15 is 0 Å². The van der Waals surface area contributed by atoms with Gasteiger partial charge in [-0.2, -0.15) is 0 Å². The van der Waals surface area contributed by atoms with Crippen LogP contribution in [0.1, 0.15) is 18.9 Å². The molecule has 0 spiro atoms. The highest BCUT2D eigenvalue weighted by atomic mass is 32.2. The van der Waals surface area contributed by atoms with Crippen LogP contribution in [-0.4, -0.2) is 24.4 Å². The van der Waals surface area contributed by atoms with Crippen LogP contribution < -0.4 is 4.74 Å². The van der Waals surface area contributed by atoms with Crippen LogP contribution in [0.25, 0.3) is 0 Å². The van der Waals surface area contributed by atoms with E-state index < -0.39 is 0 Å². The van der Waals surface area contributed by atoms with Crippen LogP contribution in [-0.2, 0) is 15.3 Å². The van der Waals surface area contributed by atoms with Gasteiger partial charge in [0, 0.05) is 17.7 Å². The molecule has 18 heavy (non-hydrogen) atoms. The van der Waals surface area contributed by atoms with Gasteiger partial charge >= 0.3 is 5.97 Å². The normalized spacial score (nSPS) is 22.9. The van der Waals surface area contributed by atoms with Crippen molar-refractivity contribution in [3.63, 3.8) is 0 Å². The number of halogens is 1. The van der Waals surface area contributed by atoms with Crippen molar-refractivity contribution in [2.45, 2.75) is 30.5 Å². The molecule has 5 heteroatoms. The third-order valence-corrected chi connectivity index (χ3v) is 4.07. The van der Waals surface area contributed by atoms with Crippen molar-refractivity contribution < 1.29 is 18.7 Å². The van der Waals surface area contributed by atoms with E-state index in [2.05, 4.69) is 0 Å². The summed E-state index contributed by atoms with van der Waals surface area (Å²) in [5, 5.41) is -0.159. The first-order valence-electron chi connectivity index (χ1n) is 5.74. The fourth-order valence-corrected chi connectivity index (χ4v) is 3.11. The van der Waals surface area contributed by atoms with Gasteiger partial charge in [0.2, 0.25) is 0 Å². The zero-order chi connectivity index (χ0) is 13.1. The van der Waals surface area contributed by atoms with E-state index in [9.17, 15) is 9.18 Å². The zero-order valence-electron chi connectivity index (χ0n) is 10.3. The van der Waals surface area contributed by atoms with E-state index in [1.165, 1.54) is 23.9 Å². The summed E-state index contributed by atoms with van der Waals surface area (Å²) in [6, 6.07) is 4.40. The highest BCUT2D eigenvalue weighted by Gasteiger charge is 2.32. The summed E-state index contributed by atoms with van der Waals surface area (Å²) >= 11 is 1.47. The number of benzene rings is 1. The second-order valence-corrected chi connectivity index (χ2v) is 5.43. The molecule has 1 aromatic carbocycles. The van der Waals surface area contributed by atoms with Gasteiger partial charge in [0.25, 0.3) is 0 Å². The number of hydrogen-bond donors (Lipinski definition) is 0. The second kappa shape index (κ2) is 5.61. The number of carbonyl (C=O) groups excluding carboxylic acids is 1. The first kappa shape index (κ1) is 13.2. The monoisotopic (exact) mass is 270 g/mol. The summed E-state index contributed by atoms with van der Waals surface area (Å²) in [6.45, 7) is 1.88. The molecule has 1 heterocycles. The highest BCUT2D eigenvalue weighted by molar-refractivity contribution is 7.99. The minimum Gasteiger partial charge on any atom is -0.496 e. The van der Waals surface area contributed by atoms with Crippen LogP contribution in [0.5, 0.6) is 5.75 Å². The number of rotatable bonds is 4. The van der Waals surface area contributed by atoms with Gasteiger partial charge in [0.15, 0.2) is 0 Å². The van der Waals surface area contributed by atoms with E-state index in [4.69, 9.17) is 9.47 Å².